The molecule has 0 saturated heterocycles. The first-order chi connectivity index (χ1) is 10.7. The molecule has 0 atom stereocenters. The number of aliphatic hydroxyl groups excluding tert-OH is 1. The highest BCUT2D eigenvalue weighted by Gasteiger charge is 2.26. The summed E-state index contributed by atoms with van der Waals surface area (Å²) in [7, 11) is 0. The van der Waals surface area contributed by atoms with Gasteiger partial charge in [0, 0.05) is 0 Å². The molecule has 0 aliphatic heterocycles. The lowest BCUT2D eigenvalue weighted by atomic mass is 9.72. The van der Waals surface area contributed by atoms with Crippen molar-refractivity contribution in [2.75, 3.05) is 6.61 Å². The van der Waals surface area contributed by atoms with Crippen molar-refractivity contribution < 1.29 is 7.85 Å². The molecule has 1 rings (SSSR count). The lowest BCUT2D eigenvalue weighted by molar-refractivity contribution is 0.342. The van der Waals surface area contributed by atoms with Gasteiger partial charge in [0.05, 0.1) is 9.35 Å². The van der Waals surface area contributed by atoms with Gasteiger partial charge in [-0.15, -0.1) is 0 Å². The Hall–Kier alpha value is -1.34. The van der Waals surface area contributed by atoms with Crippen LogP contribution in [-0.2, 0) is 0 Å². The largest absolute Gasteiger partial charge is 0.392 e. The van der Waals surface area contributed by atoms with E-state index in [0.717, 1.165) is 29.6 Å². The van der Waals surface area contributed by atoms with Gasteiger partial charge in [0.1, 0.15) is 0 Å². The SMILES string of the molecule is [2H]C(/C=C(C)\C=C(/[2H])C1=C(C)CCCC1(C)C)=C\C(C)=C\CO. The van der Waals surface area contributed by atoms with Crippen molar-refractivity contribution >= 4 is 0 Å². The van der Waals surface area contributed by atoms with E-state index in [9.17, 15) is 0 Å². The molecule has 0 heterocycles. The molecule has 1 nitrogen and oxygen atoms in total. The van der Waals surface area contributed by atoms with Crippen LogP contribution in [0.15, 0.2) is 58.7 Å². The summed E-state index contributed by atoms with van der Waals surface area (Å²) < 4.78 is 16.4. The standard InChI is InChI=1S/C20H30O/c1-16(8-6-9-17(2)13-15-21)11-12-19-18(3)10-7-14-20(19,4)5/h6,8-9,11-13,21H,7,10,14-15H2,1-5H3/b9-6+,12-11+,16-8-,17-13+/i6D,12D. The van der Waals surface area contributed by atoms with E-state index in [4.69, 9.17) is 7.85 Å². The molecule has 0 fully saturated rings. The van der Waals surface area contributed by atoms with Crippen LogP contribution in [0.5, 0.6) is 0 Å². The molecule has 0 bridgehead atoms. The maximum atomic E-state index is 8.85. The van der Waals surface area contributed by atoms with Gasteiger partial charge in [-0.05, 0) is 51.0 Å². The summed E-state index contributed by atoms with van der Waals surface area (Å²) in [6, 6.07) is 0.943. The Morgan fingerprint density at radius 1 is 1.29 bits per heavy atom. The number of rotatable bonds is 5. The van der Waals surface area contributed by atoms with E-state index in [-0.39, 0.29) is 12.0 Å². The van der Waals surface area contributed by atoms with Crippen LogP contribution in [-0.4, -0.2) is 11.7 Å². The fraction of sp³-hybridized carbons (Fsp3) is 0.500. The zero-order chi connectivity index (χ0) is 17.6. The average molecular weight is 288 g/mol. The van der Waals surface area contributed by atoms with Gasteiger partial charge in [0.25, 0.3) is 0 Å². The first-order valence-corrected chi connectivity index (χ1v) is 7.70. The molecule has 0 spiro atoms. The van der Waals surface area contributed by atoms with E-state index in [1.54, 1.807) is 18.2 Å². The Balaban J connectivity index is 3.05. The summed E-state index contributed by atoms with van der Waals surface area (Å²) in [4.78, 5) is 0. The minimum atomic E-state index is -0.0163. The van der Waals surface area contributed by atoms with Crippen LogP contribution < -0.4 is 0 Å². The van der Waals surface area contributed by atoms with E-state index in [0.29, 0.717) is 12.1 Å². The number of allylic oxidation sites excluding steroid dienone is 9. The monoisotopic (exact) mass is 288 g/mol. The smallest absolute Gasteiger partial charge is 0.0626 e. The Labute approximate surface area is 133 Å². The molecular weight excluding hydrogens is 256 g/mol. The van der Waals surface area contributed by atoms with E-state index in [2.05, 4.69) is 20.8 Å². The zero-order valence-electron chi connectivity index (χ0n) is 16.1. The highest BCUT2D eigenvalue weighted by Crippen LogP contribution is 2.40. The quantitative estimate of drug-likeness (QED) is 0.661. The number of aliphatic hydroxyl groups is 1. The molecule has 0 aromatic rings. The van der Waals surface area contributed by atoms with Gasteiger partial charge in [0.2, 0.25) is 0 Å². The summed E-state index contributed by atoms with van der Waals surface area (Å²) in [6.45, 7) is 10.3. The molecule has 0 radical (unpaired) electrons. The summed E-state index contributed by atoms with van der Waals surface area (Å²) >= 11 is 0. The minimum absolute atomic E-state index is 0.0163. The van der Waals surface area contributed by atoms with Crippen LogP contribution in [0.1, 0.15) is 56.6 Å². The topological polar surface area (TPSA) is 20.2 Å². The van der Waals surface area contributed by atoms with Crippen molar-refractivity contribution in [1.82, 2.24) is 0 Å². The second kappa shape index (κ2) is 8.19. The maximum Gasteiger partial charge on any atom is 0.0626 e. The highest BCUT2D eigenvalue weighted by molar-refractivity contribution is 5.37. The van der Waals surface area contributed by atoms with Crippen LogP contribution in [0.25, 0.3) is 0 Å². The van der Waals surface area contributed by atoms with Gasteiger partial charge in [-0.1, -0.05) is 67.0 Å². The van der Waals surface area contributed by atoms with Crippen molar-refractivity contribution in [1.29, 1.82) is 0 Å². The fourth-order valence-electron chi connectivity index (χ4n) is 2.68. The van der Waals surface area contributed by atoms with E-state index in [1.807, 2.05) is 19.9 Å². The van der Waals surface area contributed by atoms with Crippen LogP contribution in [0.2, 0.25) is 0 Å². The third-order valence-corrected chi connectivity index (χ3v) is 3.94. The Bertz CT molecular complexity index is 587. The van der Waals surface area contributed by atoms with Crippen LogP contribution in [0.3, 0.4) is 0 Å². The third-order valence-electron chi connectivity index (χ3n) is 3.94. The van der Waals surface area contributed by atoms with Gasteiger partial charge in [-0.25, -0.2) is 0 Å². The molecule has 1 N–H and O–H groups in total. The third kappa shape index (κ3) is 5.89. The molecule has 0 saturated carbocycles. The van der Waals surface area contributed by atoms with Gasteiger partial charge in [0.15, 0.2) is 0 Å². The van der Waals surface area contributed by atoms with Gasteiger partial charge in [-0.2, -0.15) is 0 Å². The highest BCUT2D eigenvalue weighted by atomic mass is 16.2. The molecule has 1 heteroatoms. The fourth-order valence-corrected chi connectivity index (χ4v) is 2.68. The second-order valence-corrected chi connectivity index (χ2v) is 6.51. The lowest BCUT2D eigenvalue weighted by Crippen LogP contribution is -2.19. The number of hydrogen-bond donors (Lipinski definition) is 1. The van der Waals surface area contributed by atoms with Gasteiger partial charge < -0.3 is 5.11 Å². The maximum absolute atomic E-state index is 8.85. The van der Waals surface area contributed by atoms with Gasteiger partial charge in [-0.3, -0.25) is 0 Å². The van der Waals surface area contributed by atoms with Crippen molar-refractivity contribution in [3.05, 3.63) is 58.7 Å². The Kier molecular flexibility index (Phi) is 5.69. The zero-order valence-corrected chi connectivity index (χ0v) is 14.1. The number of hydrogen-bond acceptors (Lipinski definition) is 1. The first-order valence-electron chi connectivity index (χ1n) is 8.70. The van der Waals surface area contributed by atoms with Crippen LogP contribution in [0, 0.1) is 5.41 Å². The molecule has 0 amide bonds. The van der Waals surface area contributed by atoms with Crippen molar-refractivity contribution in [3.8, 4) is 0 Å². The predicted molar refractivity (Wildman–Crippen MR) is 93.2 cm³/mol. The summed E-state index contributed by atoms with van der Waals surface area (Å²) in [5, 5.41) is 8.85. The van der Waals surface area contributed by atoms with E-state index >= 15 is 0 Å². The van der Waals surface area contributed by atoms with Crippen LogP contribution >= 0.6 is 0 Å². The average Bonchev–Trinajstić information content (AvgIpc) is 2.36. The Morgan fingerprint density at radius 2 is 2.00 bits per heavy atom. The normalized spacial score (nSPS) is 23.1. The molecule has 0 aromatic heterocycles. The first kappa shape index (κ1) is 14.6. The molecule has 1 aliphatic carbocycles. The Morgan fingerprint density at radius 3 is 2.62 bits per heavy atom. The molecule has 21 heavy (non-hydrogen) atoms. The summed E-state index contributed by atoms with van der Waals surface area (Å²) in [5.74, 6) is 0. The lowest BCUT2D eigenvalue weighted by Gasteiger charge is -2.32. The van der Waals surface area contributed by atoms with E-state index < -0.39 is 0 Å². The molecule has 116 valence electrons. The van der Waals surface area contributed by atoms with Crippen molar-refractivity contribution in [2.45, 2.75) is 53.9 Å². The minimum Gasteiger partial charge on any atom is -0.392 e. The van der Waals surface area contributed by atoms with Crippen molar-refractivity contribution in [3.63, 3.8) is 0 Å². The molecule has 0 aromatic carbocycles. The van der Waals surface area contributed by atoms with Crippen molar-refractivity contribution in [2.24, 2.45) is 5.41 Å². The summed E-state index contributed by atoms with van der Waals surface area (Å²) in [5.41, 5.74) is 4.29. The predicted octanol–water partition coefficient (Wildman–Crippen LogP) is 5.51. The van der Waals surface area contributed by atoms with E-state index in [1.165, 1.54) is 12.0 Å². The molecule has 1 aliphatic rings. The van der Waals surface area contributed by atoms with Crippen LogP contribution in [0.4, 0.5) is 0 Å². The second-order valence-electron chi connectivity index (χ2n) is 6.51. The molecule has 0 unspecified atom stereocenters. The van der Waals surface area contributed by atoms with Gasteiger partial charge >= 0.3 is 0 Å². The molecular formula is C20H30O. The summed E-state index contributed by atoms with van der Waals surface area (Å²) in [6.07, 6.45) is 10.4.